The molecule has 0 aromatic heterocycles. The Morgan fingerprint density at radius 2 is 1.60 bits per heavy atom. The molecule has 20 heavy (non-hydrogen) atoms. The topological polar surface area (TPSA) is 26.3 Å². The molecule has 2 aliphatic rings. The number of hydrogen-bond donors (Lipinski definition) is 0. The van der Waals surface area contributed by atoms with Crippen molar-refractivity contribution in [3.05, 3.63) is 11.3 Å². The molecule has 2 saturated carbocycles. The molecule has 0 radical (unpaired) electrons. The van der Waals surface area contributed by atoms with Crippen LogP contribution in [-0.2, 0) is 9.53 Å². The highest BCUT2D eigenvalue weighted by Crippen LogP contribution is 2.45. The van der Waals surface area contributed by atoms with Crippen molar-refractivity contribution in [2.75, 3.05) is 7.11 Å². The molecule has 0 aliphatic heterocycles. The molecule has 0 aromatic carbocycles. The summed E-state index contributed by atoms with van der Waals surface area (Å²) >= 11 is 0. The maximum Gasteiger partial charge on any atom is 0.167 e. The lowest BCUT2D eigenvalue weighted by Crippen LogP contribution is -2.36. The minimum Gasteiger partial charge on any atom is -0.500 e. The Morgan fingerprint density at radius 1 is 1.05 bits per heavy atom. The monoisotopic (exact) mass is 278 g/mol. The Hall–Kier alpha value is -0.790. The first-order valence-corrected chi connectivity index (χ1v) is 8.09. The van der Waals surface area contributed by atoms with Crippen molar-refractivity contribution in [1.29, 1.82) is 0 Å². The van der Waals surface area contributed by atoms with E-state index in [1.807, 2.05) is 6.92 Å². The SMILES string of the molecule is CO/C(=C(/C)C(=O)C1(C)CCC1)C1CCC(C)(C)CC1. The highest BCUT2D eigenvalue weighted by molar-refractivity contribution is 6.00. The molecule has 0 N–H and O–H groups in total. The van der Waals surface area contributed by atoms with Crippen molar-refractivity contribution in [3.8, 4) is 0 Å². The van der Waals surface area contributed by atoms with E-state index in [-0.39, 0.29) is 5.41 Å². The van der Waals surface area contributed by atoms with Gasteiger partial charge in [-0.1, -0.05) is 27.2 Å². The van der Waals surface area contributed by atoms with E-state index in [4.69, 9.17) is 4.74 Å². The van der Waals surface area contributed by atoms with E-state index in [0.29, 0.717) is 17.1 Å². The number of ketones is 1. The summed E-state index contributed by atoms with van der Waals surface area (Å²) in [5, 5.41) is 0. The molecular formula is C18H30O2. The second kappa shape index (κ2) is 5.54. The molecule has 0 aromatic rings. The lowest BCUT2D eigenvalue weighted by molar-refractivity contribution is -0.128. The smallest absolute Gasteiger partial charge is 0.167 e. The predicted octanol–water partition coefficient (Wildman–Crippen LogP) is 4.88. The van der Waals surface area contributed by atoms with Crippen molar-refractivity contribution < 1.29 is 9.53 Å². The van der Waals surface area contributed by atoms with Crippen LogP contribution in [0.4, 0.5) is 0 Å². The molecule has 0 atom stereocenters. The van der Waals surface area contributed by atoms with Crippen molar-refractivity contribution >= 4 is 5.78 Å². The maximum atomic E-state index is 12.7. The third-order valence-corrected chi connectivity index (χ3v) is 5.65. The molecule has 0 amide bonds. The normalized spacial score (nSPS) is 26.4. The Kier molecular flexibility index (Phi) is 4.32. The van der Waals surface area contributed by atoms with Gasteiger partial charge >= 0.3 is 0 Å². The standard InChI is InChI=1S/C18H30O2/c1-13(16(19)18(4)9-6-10-18)15(20-5)14-7-11-17(2,3)12-8-14/h14H,6-12H2,1-5H3/b15-13-. The molecule has 2 nitrogen and oxygen atoms in total. The van der Waals surface area contributed by atoms with Gasteiger partial charge in [0.25, 0.3) is 0 Å². The summed E-state index contributed by atoms with van der Waals surface area (Å²) in [6.07, 6.45) is 8.02. The van der Waals surface area contributed by atoms with Gasteiger partial charge in [0.1, 0.15) is 5.76 Å². The van der Waals surface area contributed by atoms with Gasteiger partial charge in [0, 0.05) is 16.9 Å². The van der Waals surface area contributed by atoms with E-state index in [0.717, 1.165) is 37.0 Å². The lowest BCUT2D eigenvalue weighted by Gasteiger charge is -2.39. The predicted molar refractivity (Wildman–Crippen MR) is 82.4 cm³/mol. The van der Waals surface area contributed by atoms with Crippen LogP contribution in [0.15, 0.2) is 11.3 Å². The Balaban J connectivity index is 2.14. The first-order valence-electron chi connectivity index (χ1n) is 8.09. The van der Waals surface area contributed by atoms with Crippen LogP contribution in [0.3, 0.4) is 0 Å². The first-order chi connectivity index (χ1) is 9.29. The summed E-state index contributed by atoms with van der Waals surface area (Å²) < 4.78 is 5.66. The third-order valence-electron chi connectivity index (χ3n) is 5.65. The van der Waals surface area contributed by atoms with E-state index >= 15 is 0 Å². The molecule has 0 heterocycles. The Bertz CT molecular complexity index is 403. The van der Waals surface area contributed by atoms with Crippen molar-refractivity contribution in [1.82, 2.24) is 0 Å². The highest BCUT2D eigenvalue weighted by atomic mass is 16.5. The number of ether oxygens (including phenoxy) is 1. The number of carbonyl (C=O) groups is 1. The van der Waals surface area contributed by atoms with Crippen LogP contribution in [0.5, 0.6) is 0 Å². The second-order valence-corrected chi connectivity index (χ2v) is 7.88. The number of methoxy groups -OCH3 is 1. The molecule has 0 spiro atoms. The van der Waals surface area contributed by atoms with Gasteiger partial charge in [-0.15, -0.1) is 0 Å². The van der Waals surface area contributed by atoms with Gasteiger partial charge in [0.15, 0.2) is 5.78 Å². The average molecular weight is 278 g/mol. The van der Waals surface area contributed by atoms with Crippen LogP contribution in [0.2, 0.25) is 0 Å². The van der Waals surface area contributed by atoms with Crippen molar-refractivity contribution in [3.63, 3.8) is 0 Å². The molecule has 0 bridgehead atoms. The van der Waals surface area contributed by atoms with Crippen molar-refractivity contribution in [2.45, 2.75) is 72.6 Å². The third kappa shape index (κ3) is 2.94. The van der Waals surface area contributed by atoms with Gasteiger partial charge in [0.05, 0.1) is 7.11 Å². The van der Waals surface area contributed by atoms with Gasteiger partial charge in [-0.25, -0.2) is 0 Å². The van der Waals surface area contributed by atoms with Crippen LogP contribution < -0.4 is 0 Å². The molecule has 114 valence electrons. The molecular weight excluding hydrogens is 248 g/mol. The fourth-order valence-electron chi connectivity index (χ4n) is 3.79. The van der Waals surface area contributed by atoms with Crippen LogP contribution >= 0.6 is 0 Å². The van der Waals surface area contributed by atoms with Gasteiger partial charge in [-0.05, 0) is 50.9 Å². The van der Waals surface area contributed by atoms with Gasteiger partial charge in [-0.3, -0.25) is 4.79 Å². The van der Waals surface area contributed by atoms with Crippen LogP contribution in [-0.4, -0.2) is 12.9 Å². The molecule has 2 fully saturated rings. The molecule has 0 unspecified atom stereocenters. The molecule has 2 rings (SSSR count). The summed E-state index contributed by atoms with van der Waals surface area (Å²) in [4.78, 5) is 12.7. The van der Waals surface area contributed by atoms with Gasteiger partial charge in [-0.2, -0.15) is 0 Å². The van der Waals surface area contributed by atoms with E-state index < -0.39 is 0 Å². The molecule has 2 aliphatic carbocycles. The number of carbonyl (C=O) groups excluding carboxylic acids is 1. The van der Waals surface area contributed by atoms with Crippen LogP contribution in [0, 0.1) is 16.7 Å². The van der Waals surface area contributed by atoms with Gasteiger partial charge in [0.2, 0.25) is 0 Å². The first kappa shape index (κ1) is 15.6. The van der Waals surface area contributed by atoms with Crippen LogP contribution in [0.1, 0.15) is 72.6 Å². The highest BCUT2D eigenvalue weighted by Gasteiger charge is 2.41. The van der Waals surface area contributed by atoms with Gasteiger partial charge < -0.3 is 4.74 Å². The number of hydrogen-bond acceptors (Lipinski definition) is 2. The number of allylic oxidation sites excluding steroid dienone is 2. The Morgan fingerprint density at radius 3 is 2.00 bits per heavy atom. The zero-order chi connectivity index (χ0) is 15.0. The zero-order valence-corrected chi connectivity index (χ0v) is 13.8. The summed E-state index contributed by atoms with van der Waals surface area (Å²) in [7, 11) is 1.73. The van der Waals surface area contributed by atoms with E-state index in [9.17, 15) is 4.79 Å². The quantitative estimate of drug-likeness (QED) is 0.541. The summed E-state index contributed by atoms with van der Waals surface area (Å²) in [6, 6.07) is 0. The minimum atomic E-state index is -0.109. The summed E-state index contributed by atoms with van der Waals surface area (Å²) in [6.45, 7) is 8.77. The van der Waals surface area contributed by atoms with Crippen molar-refractivity contribution in [2.24, 2.45) is 16.7 Å². The number of Topliss-reactive ketones (excluding diaryl/α,β-unsaturated/α-hetero) is 1. The second-order valence-electron chi connectivity index (χ2n) is 7.88. The summed E-state index contributed by atoms with van der Waals surface area (Å²) in [5.41, 5.74) is 1.23. The van der Waals surface area contributed by atoms with E-state index in [1.165, 1.54) is 19.3 Å². The minimum absolute atomic E-state index is 0.109. The molecule has 2 heteroatoms. The fraction of sp³-hybridized carbons (Fsp3) is 0.833. The largest absolute Gasteiger partial charge is 0.500 e. The average Bonchev–Trinajstić information content (AvgIpc) is 2.37. The Labute approximate surface area is 124 Å². The lowest BCUT2D eigenvalue weighted by atomic mass is 9.65. The summed E-state index contributed by atoms with van der Waals surface area (Å²) in [5.74, 6) is 1.74. The zero-order valence-electron chi connectivity index (χ0n) is 13.8. The molecule has 0 saturated heterocycles. The van der Waals surface area contributed by atoms with E-state index in [2.05, 4.69) is 20.8 Å². The fourth-order valence-corrected chi connectivity index (χ4v) is 3.79. The maximum absolute atomic E-state index is 12.7. The van der Waals surface area contributed by atoms with E-state index in [1.54, 1.807) is 7.11 Å². The number of rotatable bonds is 4. The van der Waals surface area contributed by atoms with Crippen LogP contribution in [0.25, 0.3) is 0 Å².